The van der Waals surface area contributed by atoms with Crippen molar-refractivity contribution in [3.8, 4) is 0 Å². The summed E-state index contributed by atoms with van der Waals surface area (Å²) >= 11 is 5.85. The average molecular weight is 368 g/mol. The number of hydrogen-bond acceptors (Lipinski definition) is 3. The summed E-state index contributed by atoms with van der Waals surface area (Å²) in [6.45, 7) is 6.95. The van der Waals surface area contributed by atoms with Gasteiger partial charge in [-0.2, -0.15) is 0 Å². The summed E-state index contributed by atoms with van der Waals surface area (Å²) in [5.74, 6) is -1.89. The van der Waals surface area contributed by atoms with Crippen LogP contribution in [-0.2, 0) is 9.53 Å². The van der Waals surface area contributed by atoms with Crippen molar-refractivity contribution in [1.29, 1.82) is 0 Å². The zero-order valence-electron chi connectivity index (χ0n) is 14.8. The first-order valence-corrected chi connectivity index (χ1v) is 8.89. The molecule has 1 aliphatic heterocycles. The van der Waals surface area contributed by atoms with Crippen molar-refractivity contribution in [2.45, 2.75) is 46.1 Å². The molecule has 25 heavy (non-hydrogen) atoms. The maximum absolute atomic E-state index is 13.8. The molecule has 0 radical (unpaired) electrons. The Labute approximate surface area is 152 Å². The molecular formula is C19H23ClFNO3. The predicted molar refractivity (Wildman–Crippen MR) is 92.9 cm³/mol. The second-order valence-corrected chi connectivity index (χ2v) is 8.82. The molecule has 2 aliphatic rings. The van der Waals surface area contributed by atoms with E-state index in [1.165, 1.54) is 12.1 Å². The van der Waals surface area contributed by atoms with Crippen molar-refractivity contribution in [3.05, 3.63) is 34.6 Å². The van der Waals surface area contributed by atoms with Crippen LogP contribution in [0.15, 0.2) is 18.2 Å². The number of nitrogens with zero attached hydrogens (tertiary/aromatic N) is 1. The third-order valence-electron chi connectivity index (χ3n) is 5.23. The van der Waals surface area contributed by atoms with Gasteiger partial charge in [0, 0.05) is 12.6 Å². The first kappa shape index (κ1) is 18.2. The molecule has 3 rings (SSSR count). The zero-order chi connectivity index (χ0) is 18.4. The van der Waals surface area contributed by atoms with E-state index in [0.29, 0.717) is 6.54 Å². The lowest BCUT2D eigenvalue weighted by Gasteiger charge is -2.39. The number of esters is 1. The molecule has 0 aromatic heterocycles. The van der Waals surface area contributed by atoms with E-state index in [1.807, 2.05) is 4.90 Å². The Bertz CT molecular complexity index is 700. The Balaban J connectivity index is 1.65. The largest absolute Gasteiger partial charge is 0.452 e. The van der Waals surface area contributed by atoms with Gasteiger partial charge >= 0.3 is 5.97 Å². The van der Waals surface area contributed by atoms with Crippen LogP contribution in [0, 0.1) is 16.6 Å². The molecule has 2 atom stereocenters. The highest BCUT2D eigenvalue weighted by atomic mass is 35.5. The van der Waals surface area contributed by atoms with Crippen LogP contribution in [0.5, 0.6) is 0 Å². The molecule has 136 valence electrons. The molecule has 6 heteroatoms. The van der Waals surface area contributed by atoms with Crippen molar-refractivity contribution in [2.24, 2.45) is 10.8 Å². The van der Waals surface area contributed by atoms with Crippen LogP contribution >= 0.6 is 11.6 Å². The minimum absolute atomic E-state index is 0.0243. The van der Waals surface area contributed by atoms with E-state index >= 15 is 0 Å². The number of rotatable bonds is 3. The van der Waals surface area contributed by atoms with E-state index in [1.54, 1.807) is 0 Å². The number of halogens is 2. The molecule has 1 saturated heterocycles. The highest BCUT2D eigenvalue weighted by Gasteiger charge is 2.50. The van der Waals surface area contributed by atoms with E-state index in [-0.39, 0.29) is 33.4 Å². The van der Waals surface area contributed by atoms with Gasteiger partial charge in [0.15, 0.2) is 6.61 Å². The molecule has 1 amide bonds. The van der Waals surface area contributed by atoms with Gasteiger partial charge in [0.05, 0.1) is 5.02 Å². The lowest BCUT2D eigenvalue weighted by Crippen LogP contribution is -2.39. The Morgan fingerprint density at radius 2 is 2.04 bits per heavy atom. The van der Waals surface area contributed by atoms with Gasteiger partial charge in [-0.3, -0.25) is 4.79 Å². The van der Waals surface area contributed by atoms with Crippen LogP contribution in [0.4, 0.5) is 4.39 Å². The fraction of sp³-hybridized carbons (Fsp3) is 0.579. The average Bonchev–Trinajstić information content (AvgIpc) is 2.73. The predicted octanol–water partition coefficient (Wildman–Crippen LogP) is 4.06. The Morgan fingerprint density at radius 1 is 1.32 bits per heavy atom. The van der Waals surface area contributed by atoms with Crippen LogP contribution in [0.2, 0.25) is 5.02 Å². The summed E-state index contributed by atoms with van der Waals surface area (Å²) in [6.07, 6.45) is 3.00. The van der Waals surface area contributed by atoms with Gasteiger partial charge in [-0.05, 0) is 42.2 Å². The molecule has 1 saturated carbocycles. The third kappa shape index (κ3) is 3.66. The molecule has 1 aromatic rings. The standard InChI is InChI=1S/C19H23ClFNO3/c1-18(2)7-12-8-19(3,10-18)11-22(12)15(23)9-25-17(24)16-13(20)5-4-6-14(16)21/h4-6,12H,7-11H2,1-3H3/t12-,19+/m1/s1. The summed E-state index contributed by atoms with van der Waals surface area (Å²) in [7, 11) is 0. The molecule has 1 aromatic carbocycles. The Hall–Kier alpha value is -1.62. The number of ether oxygens (including phenoxy) is 1. The number of hydrogen-bond donors (Lipinski definition) is 0. The quantitative estimate of drug-likeness (QED) is 0.757. The molecule has 0 spiro atoms. The van der Waals surface area contributed by atoms with E-state index in [9.17, 15) is 14.0 Å². The minimum atomic E-state index is -0.912. The van der Waals surface area contributed by atoms with Crippen molar-refractivity contribution in [1.82, 2.24) is 4.90 Å². The van der Waals surface area contributed by atoms with Crippen molar-refractivity contribution in [2.75, 3.05) is 13.2 Å². The minimum Gasteiger partial charge on any atom is -0.452 e. The Morgan fingerprint density at radius 3 is 2.72 bits per heavy atom. The van der Waals surface area contributed by atoms with Gasteiger partial charge in [0.2, 0.25) is 0 Å². The maximum Gasteiger partial charge on any atom is 0.343 e. The van der Waals surface area contributed by atoms with Gasteiger partial charge in [0.25, 0.3) is 5.91 Å². The molecule has 0 N–H and O–H groups in total. The highest BCUT2D eigenvalue weighted by molar-refractivity contribution is 6.33. The van der Waals surface area contributed by atoms with Crippen molar-refractivity contribution in [3.63, 3.8) is 0 Å². The second-order valence-electron chi connectivity index (χ2n) is 8.41. The summed E-state index contributed by atoms with van der Waals surface area (Å²) < 4.78 is 18.8. The lowest BCUT2D eigenvalue weighted by atomic mass is 9.65. The Kier molecular flexibility index (Phi) is 4.56. The SMILES string of the molecule is CC1(C)C[C@@H]2C[C@](C)(CN2C(=O)COC(=O)c2c(F)cccc2Cl)C1. The van der Waals surface area contributed by atoms with E-state index in [0.717, 1.165) is 25.3 Å². The van der Waals surface area contributed by atoms with Crippen LogP contribution in [0.1, 0.15) is 50.4 Å². The summed E-state index contributed by atoms with van der Waals surface area (Å²) in [5.41, 5.74) is -0.0180. The first-order chi connectivity index (χ1) is 11.6. The molecule has 4 nitrogen and oxygen atoms in total. The molecule has 2 fully saturated rings. The molecule has 1 heterocycles. The van der Waals surface area contributed by atoms with E-state index < -0.39 is 18.4 Å². The molecule has 2 bridgehead atoms. The van der Waals surface area contributed by atoms with Gasteiger partial charge in [-0.1, -0.05) is 38.4 Å². The topological polar surface area (TPSA) is 46.6 Å². The second kappa shape index (κ2) is 6.27. The summed E-state index contributed by atoms with van der Waals surface area (Å²) in [4.78, 5) is 26.5. The van der Waals surface area contributed by atoms with Crippen LogP contribution < -0.4 is 0 Å². The summed E-state index contributed by atoms with van der Waals surface area (Å²) in [6, 6.07) is 4.14. The highest BCUT2D eigenvalue weighted by Crippen LogP contribution is 2.52. The molecule has 1 aliphatic carbocycles. The number of benzene rings is 1. The fourth-order valence-corrected chi connectivity index (χ4v) is 4.97. The van der Waals surface area contributed by atoms with E-state index in [2.05, 4.69) is 20.8 Å². The van der Waals surface area contributed by atoms with Crippen LogP contribution in [0.3, 0.4) is 0 Å². The molecule has 0 unspecified atom stereocenters. The van der Waals surface area contributed by atoms with Gasteiger partial charge in [-0.15, -0.1) is 0 Å². The smallest absolute Gasteiger partial charge is 0.343 e. The lowest BCUT2D eigenvalue weighted by molar-refractivity contribution is -0.135. The first-order valence-electron chi connectivity index (χ1n) is 8.51. The van der Waals surface area contributed by atoms with E-state index in [4.69, 9.17) is 16.3 Å². The fourth-order valence-electron chi connectivity index (χ4n) is 4.73. The maximum atomic E-state index is 13.8. The van der Waals surface area contributed by atoms with Crippen LogP contribution in [-0.4, -0.2) is 36.0 Å². The van der Waals surface area contributed by atoms with Crippen LogP contribution in [0.25, 0.3) is 0 Å². The number of fused-ring (bicyclic) bond motifs is 2. The number of likely N-dealkylation sites (tertiary alicyclic amines) is 1. The number of carbonyl (C=O) groups excluding carboxylic acids is 2. The third-order valence-corrected chi connectivity index (χ3v) is 5.54. The summed E-state index contributed by atoms with van der Waals surface area (Å²) in [5, 5.41) is -0.0243. The zero-order valence-corrected chi connectivity index (χ0v) is 15.5. The van der Waals surface area contributed by atoms with Crippen molar-refractivity contribution < 1.29 is 18.7 Å². The molecular weight excluding hydrogens is 345 g/mol. The normalized spacial score (nSPS) is 27.2. The monoisotopic (exact) mass is 367 g/mol. The van der Waals surface area contributed by atoms with Gasteiger partial charge in [-0.25, -0.2) is 9.18 Å². The van der Waals surface area contributed by atoms with Gasteiger partial charge in [0.1, 0.15) is 11.4 Å². The van der Waals surface area contributed by atoms with Crippen molar-refractivity contribution >= 4 is 23.5 Å². The van der Waals surface area contributed by atoms with Gasteiger partial charge < -0.3 is 9.64 Å². The number of amides is 1. The number of carbonyl (C=O) groups is 2.